The molecule has 2 rings (SSSR count). The molecule has 1 aromatic rings. The Labute approximate surface area is 85.5 Å². The fraction of sp³-hybridized carbons (Fsp3) is 0.500. The van der Waals surface area contributed by atoms with Gasteiger partial charge in [0.15, 0.2) is 0 Å². The van der Waals surface area contributed by atoms with Crippen LogP contribution in [-0.2, 0) is 0 Å². The summed E-state index contributed by atoms with van der Waals surface area (Å²) in [4.78, 5) is 2.31. The number of aryl methyl sites for hydroxylation is 1. The molecule has 1 heterocycles. The highest BCUT2D eigenvalue weighted by molar-refractivity contribution is 5.26. The first-order chi connectivity index (χ1) is 6.74. The normalized spacial score (nSPS) is 17.9. The largest absolute Gasteiger partial charge is 0.493 e. The van der Waals surface area contributed by atoms with Crippen LogP contribution in [0.5, 0.6) is 5.75 Å². The first kappa shape index (κ1) is 9.53. The van der Waals surface area contributed by atoms with Crippen molar-refractivity contribution in [1.82, 2.24) is 4.90 Å². The van der Waals surface area contributed by atoms with Crippen LogP contribution in [0.1, 0.15) is 5.56 Å². The number of benzene rings is 1. The van der Waals surface area contributed by atoms with Gasteiger partial charge < -0.3 is 9.64 Å². The molecule has 0 radical (unpaired) electrons. The van der Waals surface area contributed by atoms with Crippen molar-refractivity contribution in [1.29, 1.82) is 0 Å². The molecule has 1 fully saturated rings. The predicted molar refractivity (Wildman–Crippen MR) is 57.7 cm³/mol. The summed E-state index contributed by atoms with van der Waals surface area (Å²) in [6, 6.07) is 8.25. The standard InChI is InChI=1S/C12H17NO/c1-10-3-5-12(6-4-10)14-9-11-7-13(2)8-11/h3-6,11H,7-9H2,1-2H3. The second-order valence-electron chi connectivity index (χ2n) is 4.21. The lowest BCUT2D eigenvalue weighted by Gasteiger charge is -2.35. The third-order valence-corrected chi connectivity index (χ3v) is 2.65. The fourth-order valence-corrected chi connectivity index (χ4v) is 1.78. The molecular weight excluding hydrogens is 174 g/mol. The van der Waals surface area contributed by atoms with E-state index in [-0.39, 0.29) is 0 Å². The molecule has 76 valence electrons. The van der Waals surface area contributed by atoms with Gasteiger partial charge in [-0.3, -0.25) is 0 Å². The molecule has 1 aromatic carbocycles. The van der Waals surface area contributed by atoms with Gasteiger partial charge in [0.1, 0.15) is 5.75 Å². The molecule has 0 saturated carbocycles. The quantitative estimate of drug-likeness (QED) is 0.724. The molecule has 0 spiro atoms. The second-order valence-corrected chi connectivity index (χ2v) is 4.21. The van der Waals surface area contributed by atoms with E-state index in [1.165, 1.54) is 18.7 Å². The summed E-state index contributed by atoms with van der Waals surface area (Å²) in [7, 11) is 2.14. The fourth-order valence-electron chi connectivity index (χ4n) is 1.78. The number of ether oxygens (including phenoxy) is 1. The monoisotopic (exact) mass is 191 g/mol. The lowest BCUT2D eigenvalue weighted by molar-refractivity contribution is 0.0857. The molecule has 2 nitrogen and oxygen atoms in total. The summed E-state index contributed by atoms with van der Waals surface area (Å²) in [5, 5.41) is 0. The highest BCUT2D eigenvalue weighted by Gasteiger charge is 2.23. The van der Waals surface area contributed by atoms with Crippen molar-refractivity contribution < 1.29 is 4.74 Å². The van der Waals surface area contributed by atoms with Crippen molar-refractivity contribution in [3.05, 3.63) is 29.8 Å². The summed E-state index contributed by atoms with van der Waals surface area (Å²) < 4.78 is 5.69. The van der Waals surface area contributed by atoms with Gasteiger partial charge in [0.05, 0.1) is 6.61 Å². The maximum absolute atomic E-state index is 5.69. The lowest BCUT2D eigenvalue weighted by Crippen LogP contribution is -2.46. The molecule has 0 N–H and O–H groups in total. The summed E-state index contributed by atoms with van der Waals surface area (Å²) >= 11 is 0. The van der Waals surface area contributed by atoms with E-state index in [0.717, 1.165) is 18.3 Å². The van der Waals surface area contributed by atoms with Crippen molar-refractivity contribution in [2.75, 3.05) is 26.7 Å². The van der Waals surface area contributed by atoms with E-state index in [0.29, 0.717) is 0 Å². The third kappa shape index (κ3) is 2.26. The van der Waals surface area contributed by atoms with Crippen LogP contribution in [0.2, 0.25) is 0 Å². The summed E-state index contributed by atoms with van der Waals surface area (Å²) in [6.07, 6.45) is 0. The smallest absolute Gasteiger partial charge is 0.119 e. The molecule has 14 heavy (non-hydrogen) atoms. The van der Waals surface area contributed by atoms with Crippen molar-refractivity contribution in [2.24, 2.45) is 5.92 Å². The molecule has 0 unspecified atom stereocenters. The molecule has 0 aromatic heterocycles. The number of nitrogens with zero attached hydrogens (tertiary/aromatic N) is 1. The van der Waals surface area contributed by atoms with E-state index in [2.05, 4.69) is 31.0 Å². The Bertz CT molecular complexity index is 288. The number of likely N-dealkylation sites (tertiary alicyclic amines) is 1. The van der Waals surface area contributed by atoms with Crippen LogP contribution < -0.4 is 4.74 Å². The van der Waals surface area contributed by atoms with Gasteiger partial charge in [-0.25, -0.2) is 0 Å². The van der Waals surface area contributed by atoms with Gasteiger partial charge in [0.25, 0.3) is 0 Å². The zero-order valence-electron chi connectivity index (χ0n) is 8.86. The molecule has 0 bridgehead atoms. The van der Waals surface area contributed by atoms with Gasteiger partial charge in [0, 0.05) is 19.0 Å². The molecule has 1 aliphatic heterocycles. The van der Waals surface area contributed by atoms with Crippen molar-refractivity contribution in [3.8, 4) is 5.75 Å². The molecule has 1 aliphatic rings. The van der Waals surface area contributed by atoms with E-state index in [4.69, 9.17) is 4.74 Å². The number of hydrogen-bond donors (Lipinski definition) is 0. The Kier molecular flexibility index (Phi) is 2.73. The van der Waals surface area contributed by atoms with Gasteiger partial charge >= 0.3 is 0 Å². The number of hydrogen-bond acceptors (Lipinski definition) is 2. The molecule has 1 saturated heterocycles. The highest BCUT2D eigenvalue weighted by Crippen LogP contribution is 2.16. The molecule has 0 amide bonds. The van der Waals surface area contributed by atoms with E-state index in [1.807, 2.05) is 12.1 Å². The summed E-state index contributed by atoms with van der Waals surface area (Å²) in [5.74, 6) is 1.71. The van der Waals surface area contributed by atoms with Gasteiger partial charge in [0.2, 0.25) is 0 Å². The van der Waals surface area contributed by atoms with Crippen LogP contribution in [0.25, 0.3) is 0 Å². The first-order valence-corrected chi connectivity index (χ1v) is 5.12. The van der Waals surface area contributed by atoms with E-state index in [9.17, 15) is 0 Å². The Morgan fingerprint density at radius 3 is 2.50 bits per heavy atom. The van der Waals surface area contributed by atoms with Crippen molar-refractivity contribution in [2.45, 2.75) is 6.92 Å². The van der Waals surface area contributed by atoms with Crippen LogP contribution >= 0.6 is 0 Å². The second kappa shape index (κ2) is 4.01. The van der Waals surface area contributed by atoms with Crippen LogP contribution in [0.3, 0.4) is 0 Å². The summed E-state index contributed by atoms with van der Waals surface area (Å²) in [6.45, 7) is 5.29. The zero-order valence-corrected chi connectivity index (χ0v) is 8.86. The van der Waals surface area contributed by atoms with Gasteiger partial charge in [-0.05, 0) is 26.1 Å². The Balaban J connectivity index is 1.78. The first-order valence-electron chi connectivity index (χ1n) is 5.12. The van der Waals surface area contributed by atoms with Crippen molar-refractivity contribution >= 4 is 0 Å². The molecule has 0 aliphatic carbocycles. The average Bonchev–Trinajstić information content (AvgIpc) is 2.13. The average molecular weight is 191 g/mol. The zero-order chi connectivity index (χ0) is 9.97. The topological polar surface area (TPSA) is 12.5 Å². The van der Waals surface area contributed by atoms with Gasteiger partial charge in [-0.2, -0.15) is 0 Å². The maximum atomic E-state index is 5.69. The molecule has 0 atom stereocenters. The van der Waals surface area contributed by atoms with Crippen LogP contribution in [-0.4, -0.2) is 31.6 Å². The Hall–Kier alpha value is -1.02. The van der Waals surface area contributed by atoms with E-state index in [1.54, 1.807) is 0 Å². The Morgan fingerprint density at radius 1 is 1.29 bits per heavy atom. The molecular formula is C12H17NO. The van der Waals surface area contributed by atoms with Crippen LogP contribution in [0.15, 0.2) is 24.3 Å². The maximum Gasteiger partial charge on any atom is 0.119 e. The predicted octanol–water partition coefficient (Wildman–Crippen LogP) is 1.94. The molecule has 2 heteroatoms. The number of rotatable bonds is 3. The van der Waals surface area contributed by atoms with Crippen molar-refractivity contribution in [3.63, 3.8) is 0 Å². The van der Waals surface area contributed by atoms with Gasteiger partial charge in [-0.1, -0.05) is 17.7 Å². The Morgan fingerprint density at radius 2 is 1.93 bits per heavy atom. The minimum atomic E-state index is 0.723. The van der Waals surface area contributed by atoms with Crippen LogP contribution in [0.4, 0.5) is 0 Å². The van der Waals surface area contributed by atoms with E-state index < -0.39 is 0 Å². The van der Waals surface area contributed by atoms with Crippen LogP contribution in [0, 0.1) is 12.8 Å². The minimum absolute atomic E-state index is 0.723. The minimum Gasteiger partial charge on any atom is -0.493 e. The lowest BCUT2D eigenvalue weighted by atomic mass is 10.0. The highest BCUT2D eigenvalue weighted by atomic mass is 16.5. The van der Waals surface area contributed by atoms with Gasteiger partial charge in [-0.15, -0.1) is 0 Å². The SMILES string of the molecule is Cc1ccc(OCC2CN(C)C2)cc1. The van der Waals surface area contributed by atoms with E-state index >= 15 is 0 Å². The third-order valence-electron chi connectivity index (χ3n) is 2.65. The summed E-state index contributed by atoms with van der Waals surface area (Å²) in [5.41, 5.74) is 1.28.